The second kappa shape index (κ2) is 10.6. The van der Waals surface area contributed by atoms with E-state index in [1.807, 2.05) is 54.6 Å². The quantitative estimate of drug-likeness (QED) is 0.348. The van der Waals surface area contributed by atoms with E-state index >= 15 is 0 Å². The zero-order chi connectivity index (χ0) is 22.1. The summed E-state index contributed by atoms with van der Waals surface area (Å²) < 4.78 is 10.9. The molecule has 7 nitrogen and oxygen atoms in total. The summed E-state index contributed by atoms with van der Waals surface area (Å²) in [6, 6.07) is 24.0. The number of hydrogen-bond donors (Lipinski definition) is 2. The number of methoxy groups -OCH3 is 1. The number of hydrazone groups is 1. The minimum absolute atomic E-state index is 0.400. The van der Waals surface area contributed by atoms with Crippen LogP contribution in [0.1, 0.15) is 18.1 Å². The van der Waals surface area contributed by atoms with Gasteiger partial charge in [-0.1, -0.05) is 42.5 Å². The summed E-state index contributed by atoms with van der Waals surface area (Å²) in [5.41, 5.74) is 5.08. The van der Waals surface area contributed by atoms with E-state index in [4.69, 9.17) is 9.47 Å². The van der Waals surface area contributed by atoms with Crippen LogP contribution in [0.4, 0.5) is 5.69 Å². The Labute approximate surface area is 180 Å². The van der Waals surface area contributed by atoms with Crippen molar-refractivity contribution in [2.45, 2.75) is 13.5 Å². The van der Waals surface area contributed by atoms with Gasteiger partial charge in [0.1, 0.15) is 18.1 Å². The lowest BCUT2D eigenvalue weighted by Crippen LogP contribution is -2.33. The van der Waals surface area contributed by atoms with Crippen molar-refractivity contribution in [3.8, 4) is 11.5 Å². The maximum atomic E-state index is 12.1. The van der Waals surface area contributed by atoms with Crippen molar-refractivity contribution in [2.75, 3.05) is 12.4 Å². The van der Waals surface area contributed by atoms with Gasteiger partial charge in [-0.2, -0.15) is 5.10 Å². The van der Waals surface area contributed by atoms with Gasteiger partial charge in [-0.05, 0) is 54.4 Å². The third-order valence-electron chi connectivity index (χ3n) is 4.41. The van der Waals surface area contributed by atoms with Crippen LogP contribution in [0, 0.1) is 0 Å². The molecule has 3 aromatic rings. The van der Waals surface area contributed by atoms with Gasteiger partial charge in [0.2, 0.25) is 0 Å². The van der Waals surface area contributed by atoms with E-state index < -0.39 is 11.8 Å². The fourth-order valence-corrected chi connectivity index (χ4v) is 2.71. The molecular formula is C24H23N3O4. The highest BCUT2D eigenvalue weighted by Gasteiger charge is 2.15. The lowest BCUT2D eigenvalue weighted by Gasteiger charge is -2.09. The van der Waals surface area contributed by atoms with Gasteiger partial charge in [-0.3, -0.25) is 9.59 Å². The zero-order valence-corrected chi connectivity index (χ0v) is 17.3. The monoisotopic (exact) mass is 417 g/mol. The number of carbonyl (C=O) groups excluding carboxylic acids is 2. The molecule has 0 heterocycles. The first kappa shape index (κ1) is 21.6. The van der Waals surface area contributed by atoms with E-state index in [0.29, 0.717) is 23.8 Å². The largest absolute Gasteiger partial charge is 0.495 e. The van der Waals surface area contributed by atoms with E-state index in [1.54, 1.807) is 31.2 Å². The third kappa shape index (κ3) is 6.17. The molecule has 0 bridgehead atoms. The lowest BCUT2D eigenvalue weighted by molar-refractivity contribution is -0.136. The second-order valence-electron chi connectivity index (χ2n) is 6.59. The van der Waals surface area contributed by atoms with E-state index in [-0.39, 0.29) is 0 Å². The van der Waals surface area contributed by atoms with E-state index in [9.17, 15) is 9.59 Å². The van der Waals surface area contributed by atoms with Crippen LogP contribution in [0.25, 0.3) is 0 Å². The number of benzene rings is 3. The van der Waals surface area contributed by atoms with Gasteiger partial charge in [0, 0.05) is 0 Å². The predicted molar refractivity (Wildman–Crippen MR) is 119 cm³/mol. The Bertz CT molecular complexity index is 1060. The predicted octanol–water partition coefficient (Wildman–Crippen LogP) is 3.75. The first-order valence-electron chi connectivity index (χ1n) is 9.62. The average Bonchev–Trinajstić information content (AvgIpc) is 2.82. The standard InChI is InChI=1S/C24H23N3O4/c1-17(19-12-14-20(15-13-19)31-16-18-8-4-3-5-9-18)26-27-24(29)23(28)25-21-10-6-7-11-22(21)30-2/h3-15H,16H2,1-2H3,(H,25,28)(H,27,29). The molecule has 0 saturated carbocycles. The highest BCUT2D eigenvalue weighted by molar-refractivity contribution is 6.39. The number of carbonyl (C=O) groups is 2. The summed E-state index contributed by atoms with van der Waals surface area (Å²) in [4.78, 5) is 24.2. The van der Waals surface area contributed by atoms with E-state index in [0.717, 1.165) is 16.9 Å². The first-order valence-corrected chi connectivity index (χ1v) is 9.62. The lowest BCUT2D eigenvalue weighted by atomic mass is 10.1. The van der Waals surface area contributed by atoms with Crippen molar-refractivity contribution < 1.29 is 19.1 Å². The molecule has 0 saturated heterocycles. The van der Waals surface area contributed by atoms with Crippen LogP contribution < -0.4 is 20.2 Å². The summed E-state index contributed by atoms with van der Waals surface area (Å²) in [7, 11) is 1.48. The number of rotatable bonds is 7. The van der Waals surface area contributed by atoms with Crippen molar-refractivity contribution in [1.29, 1.82) is 0 Å². The van der Waals surface area contributed by atoms with Crippen LogP contribution in [-0.4, -0.2) is 24.6 Å². The zero-order valence-electron chi connectivity index (χ0n) is 17.3. The van der Waals surface area contributed by atoms with Crippen molar-refractivity contribution in [3.05, 3.63) is 90.0 Å². The normalized spacial score (nSPS) is 10.8. The SMILES string of the molecule is COc1ccccc1NC(=O)C(=O)NN=C(C)c1ccc(OCc2ccccc2)cc1. The summed E-state index contributed by atoms with van der Waals surface area (Å²) >= 11 is 0. The third-order valence-corrected chi connectivity index (χ3v) is 4.41. The first-order chi connectivity index (χ1) is 15.1. The maximum absolute atomic E-state index is 12.1. The van der Waals surface area contributed by atoms with Gasteiger partial charge >= 0.3 is 11.8 Å². The van der Waals surface area contributed by atoms with E-state index in [1.165, 1.54) is 7.11 Å². The highest BCUT2D eigenvalue weighted by Crippen LogP contribution is 2.22. The van der Waals surface area contributed by atoms with Crippen LogP contribution in [-0.2, 0) is 16.2 Å². The van der Waals surface area contributed by atoms with Crippen molar-refractivity contribution in [2.24, 2.45) is 5.10 Å². The van der Waals surface area contributed by atoms with Gasteiger partial charge < -0.3 is 14.8 Å². The van der Waals surface area contributed by atoms with Gasteiger partial charge in [0.15, 0.2) is 0 Å². The molecular weight excluding hydrogens is 394 g/mol. The average molecular weight is 417 g/mol. The molecule has 31 heavy (non-hydrogen) atoms. The molecule has 0 aromatic heterocycles. The minimum Gasteiger partial charge on any atom is -0.495 e. The number of anilines is 1. The van der Waals surface area contributed by atoms with E-state index in [2.05, 4.69) is 15.8 Å². The van der Waals surface area contributed by atoms with Crippen molar-refractivity contribution in [1.82, 2.24) is 5.43 Å². The molecule has 0 unspecified atom stereocenters. The Morgan fingerprint density at radius 1 is 0.871 bits per heavy atom. The minimum atomic E-state index is -0.881. The Kier molecular flexibility index (Phi) is 7.37. The number of hydrogen-bond acceptors (Lipinski definition) is 5. The molecule has 158 valence electrons. The molecule has 3 aromatic carbocycles. The number of nitrogens with one attached hydrogen (secondary N) is 2. The molecule has 2 amide bonds. The number of nitrogens with zero attached hydrogens (tertiary/aromatic N) is 1. The fourth-order valence-electron chi connectivity index (χ4n) is 2.71. The summed E-state index contributed by atoms with van der Waals surface area (Å²) in [5.74, 6) is -0.544. The van der Waals surface area contributed by atoms with Crippen LogP contribution in [0.5, 0.6) is 11.5 Å². The molecule has 3 rings (SSSR count). The molecule has 0 fully saturated rings. The molecule has 7 heteroatoms. The fraction of sp³-hybridized carbons (Fsp3) is 0.125. The Balaban J connectivity index is 1.54. The van der Waals surface area contributed by atoms with Crippen LogP contribution in [0.3, 0.4) is 0 Å². The molecule has 2 N–H and O–H groups in total. The number of ether oxygens (including phenoxy) is 2. The van der Waals surface area contributed by atoms with Crippen molar-refractivity contribution >= 4 is 23.2 Å². The second-order valence-corrected chi connectivity index (χ2v) is 6.59. The number of amides is 2. The molecule has 0 atom stereocenters. The summed E-state index contributed by atoms with van der Waals surface area (Å²) in [6.45, 7) is 2.21. The van der Waals surface area contributed by atoms with Gasteiger partial charge in [-0.15, -0.1) is 0 Å². The van der Waals surface area contributed by atoms with Crippen LogP contribution in [0.2, 0.25) is 0 Å². The molecule has 0 aliphatic rings. The van der Waals surface area contributed by atoms with Gasteiger partial charge in [0.25, 0.3) is 0 Å². The van der Waals surface area contributed by atoms with Crippen molar-refractivity contribution in [3.63, 3.8) is 0 Å². The Morgan fingerprint density at radius 2 is 1.55 bits per heavy atom. The highest BCUT2D eigenvalue weighted by atomic mass is 16.5. The van der Waals surface area contributed by atoms with Gasteiger partial charge in [-0.25, -0.2) is 5.43 Å². The topological polar surface area (TPSA) is 89.0 Å². The molecule has 0 aliphatic carbocycles. The van der Waals surface area contributed by atoms with Crippen LogP contribution >= 0.6 is 0 Å². The van der Waals surface area contributed by atoms with Gasteiger partial charge in [0.05, 0.1) is 18.5 Å². The smallest absolute Gasteiger partial charge is 0.329 e. The maximum Gasteiger partial charge on any atom is 0.329 e. The molecule has 0 aliphatic heterocycles. The Morgan fingerprint density at radius 3 is 2.26 bits per heavy atom. The molecule has 0 spiro atoms. The molecule has 0 radical (unpaired) electrons. The Hall–Kier alpha value is -4.13. The summed E-state index contributed by atoms with van der Waals surface area (Å²) in [5, 5.41) is 6.50. The summed E-state index contributed by atoms with van der Waals surface area (Å²) in [6.07, 6.45) is 0. The van der Waals surface area contributed by atoms with Crippen LogP contribution in [0.15, 0.2) is 84.0 Å². The number of para-hydroxylation sites is 2.